The molecule has 16 heavy (non-hydrogen) atoms. The highest BCUT2D eigenvalue weighted by Gasteiger charge is 2.02. The van der Waals surface area contributed by atoms with Gasteiger partial charge in [0, 0.05) is 12.1 Å². The molecule has 2 nitrogen and oxygen atoms in total. The number of imidazole rings is 1. The first-order valence-corrected chi connectivity index (χ1v) is 6.12. The van der Waals surface area contributed by atoms with Crippen LogP contribution in [0.2, 0.25) is 0 Å². The minimum absolute atomic E-state index is 1.02. The summed E-state index contributed by atoms with van der Waals surface area (Å²) < 4.78 is 0. The first kappa shape index (κ1) is 14.7. The molecule has 0 fully saturated rings. The van der Waals surface area contributed by atoms with Crippen LogP contribution in [0.25, 0.3) is 6.08 Å². The van der Waals surface area contributed by atoms with Gasteiger partial charge < -0.3 is 4.98 Å². The van der Waals surface area contributed by atoms with Crippen molar-refractivity contribution in [3.8, 4) is 0 Å². The van der Waals surface area contributed by atoms with Crippen LogP contribution in [-0.2, 0) is 6.42 Å². The maximum atomic E-state index is 4.49. The number of unbranched alkanes of at least 4 members (excludes halogenated alkanes) is 1. The first-order valence-electron chi connectivity index (χ1n) is 6.12. The second kappa shape index (κ2) is 8.96. The van der Waals surface area contributed by atoms with Crippen LogP contribution in [-0.4, -0.2) is 9.97 Å². The lowest BCUT2D eigenvalue weighted by molar-refractivity contribution is 0.761. The van der Waals surface area contributed by atoms with Gasteiger partial charge in [-0.05, 0) is 19.4 Å². The van der Waals surface area contributed by atoms with E-state index in [4.69, 9.17) is 0 Å². The molecular weight excluding hydrogens is 196 g/mol. The van der Waals surface area contributed by atoms with E-state index in [-0.39, 0.29) is 0 Å². The molecule has 1 aromatic heterocycles. The van der Waals surface area contributed by atoms with E-state index in [0.29, 0.717) is 0 Å². The van der Waals surface area contributed by atoms with Gasteiger partial charge in [0.15, 0.2) is 0 Å². The van der Waals surface area contributed by atoms with Gasteiger partial charge in [0.2, 0.25) is 0 Å². The van der Waals surface area contributed by atoms with Crippen molar-refractivity contribution in [1.82, 2.24) is 9.97 Å². The van der Waals surface area contributed by atoms with Crippen molar-refractivity contribution in [3.05, 3.63) is 35.9 Å². The minimum atomic E-state index is 1.02. The van der Waals surface area contributed by atoms with E-state index in [2.05, 4.69) is 23.5 Å². The number of H-pyrrole nitrogens is 1. The van der Waals surface area contributed by atoms with Crippen LogP contribution in [0.1, 0.15) is 50.8 Å². The van der Waals surface area contributed by atoms with Gasteiger partial charge in [-0.2, -0.15) is 0 Å². The van der Waals surface area contributed by atoms with E-state index < -0.39 is 0 Å². The summed E-state index contributed by atoms with van der Waals surface area (Å²) in [5, 5.41) is 0. The lowest BCUT2D eigenvalue weighted by Crippen LogP contribution is -1.86. The van der Waals surface area contributed by atoms with Crippen molar-refractivity contribution in [2.75, 3.05) is 0 Å². The first-order chi connectivity index (χ1) is 7.77. The van der Waals surface area contributed by atoms with Crippen molar-refractivity contribution in [2.24, 2.45) is 0 Å². The van der Waals surface area contributed by atoms with Crippen molar-refractivity contribution in [1.29, 1.82) is 0 Å². The molecule has 0 aliphatic rings. The molecular formula is C14H24N2. The Morgan fingerprint density at radius 1 is 1.38 bits per heavy atom. The predicted molar refractivity (Wildman–Crippen MR) is 72.5 cm³/mol. The molecule has 90 valence electrons. The fraction of sp³-hybridized carbons (Fsp3) is 0.500. The Kier molecular flexibility index (Phi) is 8.22. The summed E-state index contributed by atoms with van der Waals surface area (Å²) in [7, 11) is 0. The number of aryl methyl sites for hydroxylation is 2. The number of aromatic amines is 1. The second-order valence-corrected chi connectivity index (χ2v) is 3.39. The average molecular weight is 220 g/mol. The van der Waals surface area contributed by atoms with Crippen LogP contribution < -0.4 is 0 Å². The minimum Gasteiger partial charge on any atom is -0.346 e. The zero-order valence-electron chi connectivity index (χ0n) is 11.0. The van der Waals surface area contributed by atoms with Crippen LogP contribution >= 0.6 is 0 Å². The van der Waals surface area contributed by atoms with Gasteiger partial charge in [-0.15, -0.1) is 0 Å². The Labute approximate surface area is 99.5 Å². The third-order valence-electron chi connectivity index (χ3n) is 2.13. The van der Waals surface area contributed by atoms with Crippen LogP contribution in [0.5, 0.6) is 0 Å². The molecule has 0 spiro atoms. The molecule has 0 aliphatic heterocycles. The summed E-state index contributed by atoms with van der Waals surface area (Å²) in [5.74, 6) is 1.09. The summed E-state index contributed by atoms with van der Waals surface area (Å²) in [6, 6.07) is 0. The van der Waals surface area contributed by atoms with Gasteiger partial charge in [-0.3, -0.25) is 0 Å². The number of hydrogen-bond donors (Lipinski definition) is 1. The Morgan fingerprint density at radius 3 is 2.62 bits per heavy atom. The quantitative estimate of drug-likeness (QED) is 0.737. The Morgan fingerprint density at radius 2 is 2.06 bits per heavy atom. The zero-order chi connectivity index (χ0) is 12.4. The number of nitrogens with zero attached hydrogens (tertiary/aromatic N) is 1. The predicted octanol–water partition coefficient (Wildman–Crippen LogP) is 4.29. The monoisotopic (exact) mass is 220 g/mol. The Bertz CT molecular complexity index is 321. The summed E-state index contributed by atoms with van der Waals surface area (Å²) >= 11 is 0. The van der Waals surface area contributed by atoms with Crippen LogP contribution in [0.15, 0.2) is 18.7 Å². The molecule has 1 N–H and O–H groups in total. The largest absolute Gasteiger partial charge is 0.346 e. The highest BCUT2D eigenvalue weighted by Crippen LogP contribution is 2.09. The molecule has 0 radical (unpaired) electrons. The number of hydrogen-bond acceptors (Lipinski definition) is 1. The molecule has 1 aromatic rings. The van der Waals surface area contributed by atoms with Crippen LogP contribution in [0.3, 0.4) is 0 Å². The van der Waals surface area contributed by atoms with Crippen molar-refractivity contribution >= 4 is 6.08 Å². The second-order valence-electron chi connectivity index (χ2n) is 3.39. The van der Waals surface area contributed by atoms with Gasteiger partial charge in [-0.25, -0.2) is 4.98 Å². The number of aromatic nitrogens is 2. The molecule has 0 bridgehead atoms. The summed E-state index contributed by atoms with van der Waals surface area (Å²) in [5.41, 5.74) is 2.16. The van der Waals surface area contributed by atoms with Gasteiger partial charge in [-0.1, -0.05) is 45.9 Å². The molecule has 2 heteroatoms. The standard InChI is InChI=1S/C12H18N2.C2H6/c1-4-6-8-11-10(3)13-12(14-11)9-7-5-2;1-2/h4,6,8H,1,5,7,9H2,2-3H3,(H,13,14);1-2H3/b8-6-;. The van der Waals surface area contributed by atoms with Crippen LogP contribution in [0.4, 0.5) is 0 Å². The third kappa shape index (κ3) is 4.96. The molecule has 0 saturated carbocycles. The highest BCUT2D eigenvalue weighted by molar-refractivity contribution is 5.49. The molecule has 0 amide bonds. The van der Waals surface area contributed by atoms with Gasteiger partial charge in [0.25, 0.3) is 0 Å². The van der Waals surface area contributed by atoms with Gasteiger partial charge in [0.1, 0.15) is 5.82 Å². The fourth-order valence-electron chi connectivity index (χ4n) is 1.32. The topological polar surface area (TPSA) is 28.7 Å². The van der Waals surface area contributed by atoms with E-state index in [1.54, 1.807) is 6.08 Å². The van der Waals surface area contributed by atoms with Crippen molar-refractivity contribution in [2.45, 2.75) is 47.0 Å². The molecule has 0 aliphatic carbocycles. The lowest BCUT2D eigenvalue weighted by atomic mass is 10.2. The number of nitrogens with one attached hydrogen (secondary N) is 1. The number of allylic oxidation sites excluding steroid dienone is 2. The van der Waals surface area contributed by atoms with Crippen molar-refractivity contribution < 1.29 is 0 Å². The lowest BCUT2D eigenvalue weighted by Gasteiger charge is -1.91. The summed E-state index contributed by atoms with van der Waals surface area (Å²) in [6.07, 6.45) is 9.09. The van der Waals surface area contributed by atoms with Gasteiger partial charge >= 0.3 is 0 Å². The van der Waals surface area contributed by atoms with E-state index in [1.807, 2.05) is 32.9 Å². The average Bonchev–Trinajstić information content (AvgIpc) is 2.67. The summed E-state index contributed by atoms with van der Waals surface area (Å²) in [4.78, 5) is 7.79. The fourth-order valence-corrected chi connectivity index (χ4v) is 1.32. The zero-order valence-corrected chi connectivity index (χ0v) is 11.0. The van der Waals surface area contributed by atoms with E-state index in [9.17, 15) is 0 Å². The van der Waals surface area contributed by atoms with Crippen molar-refractivity contribution in [3.63, 3.8) is 0 Å². The molecule has 0 unspecified atom stereocenters. The molecule has 1 rings (SSSR count). The molecule has 0 aromatic carbocycles. The maximum absolute atomic E-state index is 4.49. The van der Waals surface area contributed by atoms with E-state index in [1.165, 1.54) is 12.8 Å². The number of rotatable bonds is 5. The molecule has 0 saturated heterocycles. The summed E-state index contributed by atoms with van der Waals surface area (Å²) in [6.45, 7) is 11.9. The maximum Gasteiger partial charge on any atom is 0.106 e. The highest BCUT2D eigenvalue weighted by atomic mass is 14.9. The Hall–Kier alpha value is -1.31. The third-order valence-corrected chi connectivity index (χ3v) is 2.13. The van der Waals surface area contributed by atoms with E-state index >= 15 is 0 Å². The normalized spacial score (nSPS) is 10.0. The Balaban J connectivity index is 0.00000106. The SMILES string of the molecule is C=C/C=C\c1nc(CCCC)[nH]c1C.CC. The van der Waals surface area contributed by atoms with Crippen LogP contribution in [0, 0.1) is 6.92 Å². The molecule has 1 heterocycles. The molecule has 0 atom stereocenters. The van der Waals surface area contributed by atoms with Gasteiger partial charge in [0.05, 0.1) is 5.69 Å². The van der Waals surface area contributed by atoms with E-state index in [0.717, 1.165) is 23.6 Å². The smallest absolute Gasteiger partial charge is 0.106 e.